The smallest absolute Gasteiger partial charge is 0.150 e. The molecular formula is C20H27BrN2O2. The summed E-state index contributed by atoms with van der Waals surface area (Å²) >= 11 is 3.62. The first-order chi connectivity index (χ1) is 11.9. The number of hydrogen-bond donors (Lipinski definition) is 0. The molecule has 4 fully saturated rings. The number of hydrogen-bond acceptors (Lipinski definition) is 4. The Balaban J connectivity index is 1.74. The zero-order chi connectivity index (χ0) is 17.8. The van der Waals surface area contributed by atoms with Crippen LogP contribution in [-0.2, 0) is 4.79 Å². The zero-order valence-corrected chi connectivity index (χ0v) is 16.9. The van der Waals surface area contributed by atoms with Crippen LogP contribution in [0.5, 0.6) is 5.75 Å². The average Bonchev–Trinajstić information content (AvgIpc) is 2.54. The van der Waals surface area contributed by atoms with Crippen molar-refractivity contribution in [2.45, 2.75) is 39.8 Å². The lowest BCUT2D eigenvalue weighted by atomic mass is 9.59. The van der Waals surface area contributed by atoms with E-state index in [0.29, 0.717) is 12.4 Å². The highest BCUT2D eigenvalue weighted by Crippen LogP contribution is 2.54. The summed E-state index contributed by atoms with van der Waals surface area (Å²) in [7, 11) is 0. The van der Waals surface area contributed by atoms with E-state index in [4.69, 9.17) is 4.74 Å². The summed E-state index contributed by atoms with van der Waals surface area (Å²) in [5.41, 5.74) is 0.826. The quantitative estimate of drug-likeness (QED) is 0.743. The summed E-state index contributed by atoms with van der Waals surface area (Å²) in [5.74, 6) is 1.47. The third-order valence-corrected chi connectivity index (χ3v) is 6.61. The van der Waals surface area contributed by atoms with E-state index in [1.807, 2.05) is 13.0 Å². The molecule has 4 bridgehead atoms. The first kappa shape index (κ1) is 17.5. The van der Waals surface area contributed by atoms with Crippen molar-refractivity contribution in [3.05, 3.63) is 28.2 Å². The Hall–Kier alpha value is -0.910. The van der Waals surface area contributed by atoms with Crippen LogP contribution >= 0.6 is 15.9 Å². The lowest BCUT2D eigenvalue weighted by Crippen LogP contribution is -2.76. The minimum Gasteiger partial charge on any atom is -0.493 e. The number of ketones is 1. The molecule has 5 rings (SSSR count). The molecule has 25 heavy (non-hydrogen) atoms. The Kier molecular flexibility index (Phi) is 4.25. The molecule has 0 spiro atoms. The molecule has 0 saturated carbocycles. The first-order valence-corrected chi connectivity index (χ1v) is 10.2. The van der Waals surface area contributed by atoms with Gasteiger partial charge in [-0.1, -0.05) is 36.2 Å². The van der Waals surface area contributed by atoms with Crippen LogP contribution in [-0.4, -0.2) is 48.4 Å². The van der Waals surface area contributed by atoms with E-state index in [-0.39, 0.29) is 17.0 Å². The second-order valence-corrected chi connectivity index (χ2v) is 9.13. The monoisotopic (exact) mass is 406 g/mol. The molecule has 0 radical (unpaired) electrons. The van der Waals surface area contributed by atoms with E-state index in [1.165, 1.54) is 5.56 Å². The van der Waals surface area contributed by atoms with Gasteiger partial charge in [0.1, 0.15) is 11.5 Å². The Morgan fingerprint density at radius 1 is 1.20 bits per heavy atom. The fraction of sp³-hybridized carbons (Fsp3) is 0.650. The molecule has 0 aromatic heterocycles. The predicted molar refractivity (Wildman–Crippen MR) is 102 cm³/mol. The maximum absolute atomic E-state index is 13.2. The Labute approximate surface area is 158 Å². The van der Waals surface area contributed by atoms with Crippen LogP contribution < -0.4 is 4.74 Å². The molecule has 4 saturated heterocycles. The zero-order valence-electron chi connectivity index (χ0n) is 15.3. The van der Waals surface area contributed by atoms with Gasteiger partial charge in [-0.25, -0.2) is 0 Å². The van der Waals surface area contributed by atoms with Crippen LogP contribution in [0, 0.1) is 10.8 Å². The molecule has 136 valence electrons. The summed E-state index contributed by atoms with van der Waals surface area (Å²) in [6, 6.07) is 6.29. The third kappa shape index (κ3) is 2.58. The van der Waals surface area contributed by atoms with Gasteiger partial charge in [-0.3, -0.25) is 14.6 Å². The molecule has 4 nitrogen and oxygen atoms in total. The molecule has 4 aliphatic heterocycles. The van der Waals surface area contributed by atoms with Crippen LogP contribution in [0.4, 0.5) is 0 Å². The van der Waals surface area contributed by atoms with E-state index >= 15 is 0 Å². The molecule has 0 N–H and O–H groups in total. The van der Waals surface area contributed by atoms with Gasteiger partial charge in [-0.2, -0.15) is 0 Å². The summed E-state index contributed by atoms with van der Waals surface area (Å²) < 4.78 is 7.00. The summed E-state index contributed by atoms with van der Waals surface area (Å²) in [5, 5.41) is 0. The molecule has 1 aromatic carbocycles. The summed E-state index contributed by atoms with van der Waals surface area (Å²) in [4.78, 5) is 18.2. The largest absolute Gasteiger partial charge is 0.493 e. The SMILES string of the molecule is CCCC12CN3CC(C)(CN(C1)C3c1cc(Br)ccc1OCC)C2=O. The van der Waals surface area contributed by atoms with E-state index < -0.39 is 0 Å². The topological polar surface area (TPSA) is 32.8 Å². The van der Waals surface area contributed by atoms with Gasteiger partial charge in [0.05, 0.1) is 23.6 Å². The second-order valence-electron chi connectivity index (χ2n) is 8.22. The second kappa shape index (κ2) is 6.07. The standard InChI is InChI=1S/C20H27BrN2O2/c1-4-8-20-12-22-10-19(3,18(20)24)11-23(13-20)17(22)15-9-14(21)6-7-16(15)25-5-2/h6-7,9,17H,4-5,8,10-13H2,1-3H3. The van der Waals surface area contributed by atoms with Crippen LogP contribution in [0.1, 0.15) is 45.3 Å². The Bertz CT molecular complexity index is 689. The number of Topliss-reactive ketones (excluding diaryl/α,β-unsaturated/α-hetero) is 1. The van der Waals surface area contributed by atoms with Crippen LogP contribution in [0.25, 0.3) is 0 Å². The number of rotatable bonds is 5. The molecule has 1 aromatic rings. The van der Waals surface area contributed by atoms with Gasteiger partial charge >= 0.3 is 0 Å². The fourth-order valence-corrected chi connectivity index (χ4v) is 5.92. The minimum absolute atomic E-state index is 0.172. The van der Waals surface area contributed by atoms with E-state index in [9.17, 15) is 4.79 Å². The number of halogens is 1. The Morgan fingerprint density at radius 3 is 2.48 bits per heavy atom. The van der Waals surface area contributed by atoms with Crippen molar-refractivity contribution in [1.29, 1.82) is 0 Å². The maximum atomic E-state index is 13.2. The molecule has 0 amide bonds. The number of carbonyl (C=O) groups excluding carboxylic acids is 1. The number of piperidine rings is 2. The van der Waals surface area contributed by atoms with Crippen molar-refractivity contribution in [3.63, 3.8) is 0 Å². The summed E-state index contributed by atoms with van der Waals surface area (Å²) in [6.07, 6.45) is 2.28. The van der Waals surface area contributed by atoms with Gasteiger partial charge in [0.15, 0.2) is 0 Å². The van der Waals surface area contributed by atoms with Gasteiger partial charge < -0.3 is 4.74 Å². The highest BCUT2D eigenvalue weighted by molar-refractivity contribution is 9.10. The Morgan fingerprint density at radius 2 is 1.88 bits per heavy atom. The fourth-order valence-electron chi connectivity index (χ4n) is 5.54. The van der Waals surface area contributed by atoms with Crippen LogP contribution in [0.15, 0.2) is 22.7 Å². The molecule has 4 heterocycles. The van der Waals surface area contributed by atoms with Crippen LogP contribution in [0.2, 0.25) is 0 Å². The third-order valence-electron chi connectivity index (χ3n) is 6.12. The molecule has 0 aliphatic carbocycles. The molecule has 5 heteroatoms. The number of ether oxygens (including phenoxy) is 1. The van der Waals surface area contributed by atoms with Crippen molar-refractivity contribution >= 4 is 21.7 Å². The number of carbonyl (C=O) groups is 1. The average molecular weight is 407 g/mol. The lowest BCUT2D eigenvalue weighted by Gasteiger charge is -2.65. The van der Waals surface area contributed by atoms with Crippen molar-refractivity contribution in [2.75, 3.05) is 32.8 Å². The normalized spacial score (nSPS) is 39.0. The molecule has 2 unspecified atom stereocenters. The van der Waals surface area contributed by atoms with Gasteiger partial charge in [0.25, 0.3) is 0 Å². The molecule has 2 atom stereocenters. The minimum atomic E-state index is -0.222. The van der Waals surface area contributed by atoms with E-state index in [0.717, 1.165) is 49.2 Å². The lowest BCUT2D eigenvalue weighted by molar-refractivity contribution is -0.201. The van der Waals surface area contributed by atoms with Gasteiger partial charge in [0.2, 0.25) is 0 Å². The summed E-state index contributed by atoms with van der Waals surface area (Å²) in [6.45, 7) is 10.5. The molecular weight excluding hydrogens is 380 g/mol. The van der Waals surface area contributed by atoms with Gasteiger partial charge in [-0.05, 0) is 31.5 Å². The van der Waals surface area contributed by atoms with Crippen molar-refractivity contribution < 1.29 is 9.53 Å². The first-order valence-electron chi connectivity index (χ1n) is 9.38. The highest BCUT2D eigenvalue weighted by Gasteiger charge is 2.63. The maximum Gasteiger partial charge on any atom is 0.150 e. The van der Waals surface area contributed by atoms with Gasteiger partial charge in [-0.15, -0.1) is 0 Å². The van der Waals surface area contributed by atoms with E-state index in [2.05, 4.69) is 51.7 Å². The number of benzene rings is 1. The highest BCUT2D eigenvalue weighted by atomic mass is 79.9. The van der Waals surface area contributed by atoms with Gasteiger partial charge in [0, 0.05) is 36.2 Å². The van der Waals surface area contributed by atoms with Crippen molar-refractivity contribution in [3.8, 4) is 5.75 Å². The predicted octanol–water partition coefficient (Wildman–Crippen LogP) is 3.85. The number of nitrogens with zero attached hydrogens (tertiary/aromatic N) is 2. The van der Waals surface area contributed by atoms with Crippen molar-refractivity contribution in [2.24, 2.45) is 10.8 Å². The van der Waals surface area contributed by atoms with E-state index in [1.54, 1.807) is 0 Å². The van der Waals surface area contributed by atoms with Crippen LogP contribution in [0.3, 0.4) is 0 Å². The molecule has 4 aliphatic rings. The van der Waals surface area contributed by atoms with Crippen molar-refractivity contribution in [1.82, 2.24) is 9.80 Å².